The average Bonchev–Trinajstić information content (AvgIpc) is 2.92. The zero-order valence-electron chi connectivity index (χ0n) is 10.9. The molecule has 1 aliphatic heterocycles. The topological polar surface area (TPSA) is 27.7 Å². The van der Waals surface area contributed by atoms with Crippen LogP contribution in [0.5, 0.6) is 17.2 Å². The number of thioether (sulfide) groups is 1. The van der Waals surface area contributed by atoms with Crippen molar-refractivity contribution in [3.8, 4) is 17.2 Å². The number of methoxy groups -OCH3 is 1. The van der Waals surface area contributed by atoms with Crippen molar-refractivity contribution in [3.63, 3.8) is 0 Å². The predicted molar refractivity (Wildman–Crippen MR) is 82.8 cm³/mol. The summed E-state index contributed by atoms with van der Waals surface area (Å²) in [4.78, 5) is 1.17. The summed E-state index contributed by atoms with van der Waals surface area (Å²) in [6.45, 7) is 0.300. The van der Waals surface area contributed by atoms with Crippen LogP contribution in [0.2, 0.25) is 0 Å². The first-order valence-corrected chi connectivity index (χ1v) is 7.89. The van der Waals surface area contributed by atoms with Crippen LogP contribution in [-0.4, -0.2) is 13.9 Å². The second kappa shape index (κ2) is 5.97. The van der Waals surface area contributed by atoms with Gasteiger partial charge in [-0.05, 0) is 35.9 Å². The molecule has 2 aromatic carbocycles. The number of fused-ring (bicyclic) bond motifs is 1. The van der Waals surface area contributed by atoms with Crippen LogP contribution in [0.1, 0.15) is 5.56 Å². The summed E-state index contributed by atoms with van der Waals surface area (Å²) in [7, 11) is 1.68. The number of hydrogen-bond donors (Lipinski definition) is 0. The molecule has 0 saturated carbocycles. The fourth-order valence-corrected chi connectivity index (χ4v) is 3.51. The molecule has 0 atom stereocenters. The Bertz CT molecular complexity index is 631. The maximum absolute atomic E-state index is 5.41. The molecule has 5 heteroatoms. The lowest BCUT2D eigenvalue weighted by atomic mass is 10.2. The van der Waals surface area contributed by atoms with Crippen molar-refractivity contribution in [3.05, 3.63) is 46.4 Å². The van der Waals surface area contributed by atoms with Crippen molar-refractivity contribution in [1.82, 2.24) is 0 Å². The van der Waals surface area contributed by atoms with Crippen LogP contribution in [0, 0.1) is 0 Å². The molecule has 0 bridgehead atoms. The van der Waals surface area contributed by atoms with Crippen LogP contribution in [0.3, 0.4) is 0 Å². The SMILES string of the molecule is COc1cccc(SCc2cc3c(cc2Br)OCO3)c1. The Hall–Kier alpha value is -1.33. The summed E-state index contributed by atoms with van der Waals surface area (Å²) in [6, 6.07) is 12.0. The third-order valence-corrected chi connectivity index (χ3v) is 4.76. The van der Waals surface area contributed by atoms with Crippen LogP contribution in [-0.2, 0) is 5.75 Å². The minimum atomic E-state index is 0.300. The van der Waals surface area contributed by atoms with Gasteiger partial charge < -0.3 is 14.2 Å². The fraction of sp³-hybridized carbons (Fsp3) is 0.200. The van der Waals surface area contributed by atoms with Crippen molar-refractivity contribution < 1.29 is 14.2 Å². The second-order valence-corrected chi connectivity index (χ2v) is 6.17. The van der Waals surface area contributed by atoms with Gasteiger partial charge >= 0.3 is 0 Å². The second-order valence-electron chi connectivity index (χ2n) is 4.26. The van der Waals surface area contributed by atoms with Crippen LogP contribution < -0.4 is 14.2 Å². The normalized spacial score (nSPS) is 12.5. The summed E-state index contributed by atoms with van der Waals surface area (Å²) in [6.07, 6.45) is 0. The molecule has 1 heterocycles. The molecule has 104 valence electrons. The molecule has 0 N–H and O–H groups in total. The summed E-state index contributed by atoms with van der Waals surface area (Å²) in [5, 5.41) is 0. The molecule has 3 rings (SSSR count). The zero-order valence-corrected chi connectivity index (χ0v) is 13.3. The Balaban J connectivity index is 1.75. The molecular formula is C15H13BrO3S. The van der Waals surface area contributed by atoms with E-state index in [1.54, 1.807) is 18.9 Å². The molecule has 0 saturated heterocycles. The van der Waals surface area contributed by atoms with Crippen molar-refractivity contribution in [2.24, 2.45) is 0 Å². The molecule has 2 aromatic rings. The molecule has 0 spiro atoms. The van der Waals surface area contributed by atoms with E-state index < -0.39 is 0 Å². The number of benzene rings is 2. The van der Waals surface area contributed by atoms with Crippen LogP contribution in [0.4, 0.5) is 0 Å². The molecule has 0 aromatic heterocycles. The van der Waals surface area contributed by atoms with E-state index in [0.717, 1.165) is 27.5 Å². The van der Waals surface area contributed by atoms with E-state index in [4.69, 9.17) is 14.2 Å². The molecule has 20 heavy (non-hydrogen) atoms. The molecule has 0 amide bonds. The Kier molecular flexibility index (Phi) is 4.08. The number of ether oxygens (including phenoxy) is 3. The lowest BCUT2D eigenvalue weighted by Gasteiger charge is -2.07. The fourth-order valence-electron chi connectivity index (χ4n) is 1.92. The third kappa shape index (κ3) is 2.88. The van der Waals surface area contributed by atoms with E-state index in [1.165, 1.54) is 10.5 Å². The van der Waals surface area contributed by atoms with Gasteiger partial charge in [-0.3, -0.25) is 0 Å². The van der Waals surface area contributed by atoms with Gasteiger partial charge in [0.05, 0.1) is 7.11 Å². The van der Waals surface area contributed by atoms with E-state index in [1.807, 2.05) is 30.3 Å². The van der Waals surface area contributed by atoms with Gasteiger partial charge in [0.2, 0.25) is 6.79 Å². The van der Waals surface area contributed by atoms with E-state index in [9.17, 15) is 0 Å². The van der Waals surface area contributed by atoms with Gasteiger partial charge in [-0.15, -0.1) is 11.8 Å². The van der Waals surface area contributed by atoms with Gasteiger partial charge in [0.15, 0.2) is 11.5 Å². The highest BCUT2D eigenvalue weighted by atomic mass is 79.9. The van der Waals surface area contributed by atoms with E-state index >= 15 is 0 Å². The zero-order chi connectivity index (χ0) is 13.9. The molecule has 0 fully saturated rings. The van der Waals surface area contributed by atoms with Crippen LogP contribution in [0.15, 0.2) is 45.8 Å². The lowest BCUT2D eigenvalue weighted by Crippen LogP contribution is -1.92. The van der Waals surface area contributed by atoms with Gasteiger partial charge in [0, 0.05) is 15.1 Å². The van der Waals surface area contributed by atoms with Crippen molar-refractivity contribution in [2.45, 2.75) is 10.6 Å². The van der Waals surface area contributed by atoms with E-state index in [-0.39, 0.29) is 0 Å². The van der Waals surface area contributed by atoms with Crippen molar-refractivity contribution in [1.29, 1.82) is 0 Å². The predicted octanol–water partition coefficient (Wildman–Crippen LogP) is 4.48. The molecule has 0 radical (unpaired) electrons. The van der Waals surface area contributed by atoms with E-state index in [2.05, 4.69) is 22.0 Å². The van der Waals surface area contributed by atoms with Gasteiger partial charge in [0.1, 0.15) is 5.75 Å². The van der Waals surface area contributed by atoms with Crippen LogP contribution in [0.25, 0.3) is 0 Å². The highest BCUT2D eigenvalue weighted by molar-refractivity contribution is 9.10. The first-order valence-electron chi connectivity index (χ1n) is 6.11. The smallest absolute Gasteiger partial charge is 0.231 e. The summed E-state index contributed by atoms with van der Waals surface area (Å²) >= 11 is 5.33. The Morgan fingerprint density at radius 1 is 1.20 bits per heavy atom. The number of halogens is 1. The largest absolute Gasteiger partial charge is 0.497 e. The summed E-state index contributed by atoms with van der Waals surface area (Å²) < 4.78 is 17.0. The molecular weight excluding hydrogens is 340 g/mol. The molecule has 1 aliphatic rings. The number of hydrogen-bond acceptors (Lipinski definition) is 4. The highest BCUT2D eigenvalue weighted by Crippen LogP contribution is 2.39. The monoisotopic (exact) mass is 352 g/mol. The Morgan fingerprint density at radius 3 is 2.80 bits per heavy atom. The minimum Gasteiger partial charge on any atom is -0.497 e. The minimum absolute atomic E-state index is 0.300. The standard InChI is InChI=1S/C15H13BrO3S/c1-17-11-3-2-4-12(6-11)20-8-10-5-14-15(7-13(10)16)19-9-18-14/h2-7H,8-9H2,1H3. The molecule has 0 unspecified atom stereocenters. The third-order valence-electron chi connectivity index (χ3n) is 2.98. The van der Waals surface area contributed by atoms with Gasteiger partial charge in [0.25, 0.3) is 0 Å². The van der Waals surface area contributed by atoms with Gasteiger partial charge in [-0.25, -0.2) is 0 Å². The van der Waals surface area contributed by atoms with Crippen LogP contribution >= 0.6 is 27.7 Å². The van der Waals surface area contributed by atoms with Gasteiger partial charge in [-0.2, -0.15) is 0 Å². The maximum Gasteiger partial charge on any atom is 0.231 e. The van der Waals surface area contributed by atoms with Gasteiger partial charge in [-0.1, -0.05) is 22.0 Å². The Morgan fingerprint density at radius 2 is 2.00 bits per heavy atom. The quantitative estimate of drug-likeness (QED) is 0.758. The van der Waals surface area contributed by atoms with Crippen molar-refractivity contribution in [2.75, 3.05) is 13.9 Å². The lowest BCUT2D eigenvalue weighted by molar-refractivity contribution is 0.174. The molecule has 0 aliphatic carbocycles. The Labute approximate surface area is 130 Å². The summed E-state index contributed by atoms with van der Waals surface area (Å²) in [5.74, 6) is 3.34. The van der Waals surface area contributed by atoms with E-state index in [0.29, 0.717) is 6.79 Å². The maximum atomic E-state index is 5.41. The first-order chi connectivity index (χ1) is 9.76. The molecule has 3 nitrogen and oxygen atoms in total. The summed E-state index contributed by atoms with van der Waals surface area (Å²) in [5.41, 5.74) is 1.18. The highest BCUT2D eigenvalue weighted by Gasteiger charge is 2.16. The number of rotatable bonds is 4. The average molecular weight is 353 g/mol. The van der Waals surface area contributed by atoms with Crippen molar-refractivity contribution >= 4 is 27.7 Å². The first kappa shape index (κ1) is 13.6.